The van der Waals surface area contributed by atoms with Crippen LogP contribution in [0, 0.1) is 6.92 Å². The summed E-state index contributed by atoms with van der Waals surface area (Å²) in [6, 6.07) is 10.3. The van der Waals surface area contributed by atoms with E-state index in [1.54, 1.807) is 7.11 Å². The van der Waals surface area contributed by atoms with E-state index in [2.05, 4.69) is 20.5 Å². The van der Waals surface area contributed by atoms with Gasteiger partial charge in [0, 0.05) is 43.4 Å². The number of nitrogens with zero attached hydrogens (tertiary/aromatic N) is 2. The minimum atomic E-state index is -0.134. The average Bonchev–Trinajstić information content (AvgIpc) is 3.30. The molecule has 2 heterocycles. The number of pyridine rings is 1. The van der Waals surface area contributed by atoms with Crippen LogP contribution in [0.2, 0.25) is 0 Å². The molecule has 0 radical (unpaired) electrons. The van der Waals surface area contributed by atoms with Crippen LogP contribution in [0.5, 0.6) is 0 Å². The highest BCUT2D eigenvalue weighted by Crippen LogP contribution is 2.28. The van der Waals surface area contributed by atoms with Gasteiger partial charge in [-0.25, -0.2) is 4.79 Å². The van der Waals surface area contributed by atoms with Crippen molar-refractivity contribution in [2.75, 3.05) is 25.5 Å². The number of carbonyl (C=O) groups is 1. The normalized spacial score (nSPS) is 25.8. The summed E-state index contributed by atoms with van der Waals surface area (Å²) in [5.74, 6) is 0. The number of likely N-dealkylation sites (tertiary alicyclic amines) is 1. The molecule has 2 aliphatic rings. The van der Waals surface area contributed by atoms with Crippen molar-refractivity contribution in [1.82, 2.24) is 15.2 Å². The van der Waals surface area contributed by atoms with Gasteiger partial charge in [0.1, 0.15) is 0 Å². The van der Waals surface area contributed by atoms with Crippen LogP contribution in [0.15, 0.2) is 30.3 Å². The molecule has 2 fully saturated rings. The Balaban J connectivity index is 1.44. The van der Waals surface area contributed by atoms with E-state index < -0.39 is 0 Å². The molecule has 144 valence electrons. The second-order valence-electron chi connectivity index (χ2n) is 7.67. The molecule has 4 rings (SSSR count). The molecule has 1 saturated carbocycles. The third-order valence-corrected chi connectivity index (χ3v) is 5.87. The zero-order valence-corrected chi connectivity index (χ0v) is 16.1. The van der Waals surface area contributed by atoms with Crippen LogP contribution in [0.1, 0.15) is 31.4 Å². The Labute approximate surface area is 160 Å². The number of anilines is 1. The van der Waals surface area contributed by atoms with Gasteiger partial charge in [0.2, 0.25) is 0 Å². The first-order valence-corrected chi connectivity index (χ1v) is 9.85. The lowest BCUT2D eigenvalue weighted by Gasteiger charge is -2.30. The molecule has 1 saturated heterocycles. The maximum absolute atomic E-state index is 12.7. The van der Waals surface area contributed by atoms with E-state index >= 15 is 0 Å². The molecule has 1 aliphatic heterocycles. The summed E-state index contributed by atoms with van der Waals surface area (Å²) in [5.41, 5.74) is 2.60. The summed E-state index contributed by atoms with van der Waals surface area (Å²) in [7, 11) is 1.78. The highest BCUT2D eigenvalue weighted by molar-refractivity contribution is 6.00. The number of hydrogen-bond acceptors (Lipinski definition) is 4. The lowest BCUT2D eigenvalue weighted by molar-refractivity contribution is 0.0985. The quantitative estimate of drug-likeness (QED) is 0.869. The first-order chi connectivity index (χ1) is 13.1. The zero-order chi connectivity index (χ0) is 18.8. The van der Waals surface area contributed by atoms with E-state index in [0.717, 1.165) is 61.1 Å². The summed E-state index contributed by atoms with van der Waals surface area (Å²) >= 11 is 0. The zero-order valence-electron chi connectivity index (χ0n) is 16.1. The Kier molecular flexibility index (Phi) is 5.27. The fraction of sp³-hybridized carbons (Fsp3) is 0.524. The van der Waals surface area contributed by atoms with Gasteiger partial charge in [-0.05, 0) is 44.7 Å². The van der Waals surface area contributed by atoms with E-state index in [4.69, 9.17) is 4.74 Å². The standard InChI is InChI=1S/C21H28N4O2/c1-14-12-19(16-6-3-4-7-17(16)22-14)24-21(26)23-18-8-5-9-20(18)25-11-10-15(13-25)27-2/h3-4,6-7,12,15,18,20H,5,8-11,13H2,1-2H3,(H2,22,23,24,26)/t15?,18-,20+/m0/s1. The van der Waals surface area contributed by atoms with E-state index in [1.807, 2.05) is 37.3 Å². The van der Waals surface area contributed by atoms with Gasteiger partial charge in [-0.15, -0.1) is 0 Å². The van der Waals surface area contributed by atoms with Crippen LogP contribution in [-0.4, -0.2) is 54.3 Å². The molecule has 0 bridgehead atoms. The Bertz CT molecular complexity index is 825. The number of methoxy groups -OCH3 is 1. The summed E-state index contributed by atoms with van der Waals surface area (Å²) in [5, 5.41) is 7.23. The fourth-order valence-electron chi connectivity index (χ4n) is 4.53. The van der Waals surface area contributed by atoms with Crippen molar-refractivity contribution in [3.8, 4) is 0 Å². The largest absolute Gasteiger partial charge is 0.380 e. The second-order valence-corrected chi connectivity index (χ2v) is 7.67. The molecule has 3 atom stereocenters. The first kappa shape index (κ1) is 18.2. The minimum Gasteiger partial charge on any atom is -0.380 e. The molecular weight excluding hydrogens is 340 g/mol. The lowest BCUT2D eigenvalue weighted by atomic mass is 10.1. The monoisotopic (exact) mass is 368 g/mol. The summed E-state index contributed by atoms with van der Waals surface area (Å²) < 4.78 is 5.50. The number of nitrogens with one attached hydrogen (secondary N) is 2. The SMILES string of the molecule is COC1CCN([C@@H]2CCC[C@@H]2NC(=O)Nc2cc(C)nc3ccccc23)C1. The molecule has 6 nitrogen and oxygen atoms in total. The number of urea groups is 1. The number of para-hydroxylation sites is 1. The molecule has 1 aromatic heterocycles. The van der Waals surface area contributed by atoms with Crippen LogP contribution in [0.25, 0.3) is 10.9 Å². The van der Waals surface area contributed by atoms with Crippen molar-refractivity contribution < 1.29 is 9.53 Å². The molecule has 2 amide bonds. The number of amides is 2. The lowest BCUT2D eigenvalue weighted by Crippen LogP contribution is -2.49. The third-order valence-electron chi connectivity index (χ3n) is 5.87. The van der Waals surface area contributed by atoms with Crippen LogP contribution < -0.4 is 10.6 Å². The molecule has 1 aromatic carbocycles. The maximum atomic E-state index is 12.7. The van der Waals surface area contributed by atoms with E-state index in [1.165, 1.54) is 0 Å². The number of aromatic nitrogens is 1. The smallest absolute Gasteiger partial charge is 0.319 e. The average molecular weight is 368 g/mol. The Morgan fingerprint density at radius 3 is 2.93 bits per heavy atom. The van der Waals surface area contributed by atoms with Gasteiger partial charge in [-0.2, -0.15) is 0 Å². The highest BCUT2D eigenvalue weighted by atomic mass is 16.5. The van der Waals surface area contributed by atoms with Gasteiger partial charge >= 0.3 is 6.03 Å². The molecule has 27 heavy (non-hydrogen) atoms. The highest BCUT2D eigenvalue weighted by Gasteiger charge is 2.36. The van der Waals surface area contributed by atoms with Gasteiger partial charge in [0.25, 0.3) is 0 Å². The van der Waals surface area contributed by atoms with E-state index in [0.29, 0.717) is 12.1 Å². The minimum absolute atomic E-state index is 0.134. The number of benzene rings is 1. The number of aryl methyl sites for hydroxylation is 1. The summed E-state index contributed by atoms with van der Waals surface area (Å²) in [6.45, 7) is 3.97. The molecule has 2 aromatic rings. The van der Waals surface area contributed by atoms with Gasteiger partial charge in [-0.1, -0.05) is 18.2 Å². The molecule has 2 N–H and O–H groups in total. The van der Waals surface area contributed by atoms with Crippen molar-refractivity contribution in [2.24, 2.45) is 0 Å². The Hall–Kier alpha value is -2.18. The van der Waals surface area contributed by atoms with Crippen molar-refractivity contribution in [3.63, 3.8) is 0 Å². The maximum Gasteiger partial charge on any atom is 0.319 e. The van der Waals surface area contributed by atoms with Crippen LogP contribution in [0.4, 0.5) is 10.5 Å². The predicted octanol–water partition coefficient (Wildman–Crippen LogP) is 3.31. The van der Waals surface area contributed by atoms with Gasteiger partial charge in [-0.3, -0.25) is 9.88 Å². The molecule has 0 spiro atoms. The molecule has 6 heteroatoms. The topological polar surface area (TPSA) is 66.5 Å². The van der Waals surface area contributed by atoms with Crippen molar-refractivity contribution in [2.45, 2.75) is 50.8 Å². The van der Waals surface area contributed by atoms with Gasteiger partial charge < -0.3 is 15.4 Å². The number of hydrogen-bond donors (Lipinski definition) is 2. The number of rotatable bonds is 4. The number of fused-ring (bicyclic) bond motifs is 1. The Morgan fingerprint density at radius 1 is 1.26 bits per heavy atom. The predicted molar refractivity (Wildman–Crippen MR) is 107 cm³/mol. The van der Waals surface area contributed by atoms with Crippen LogP contribution >= 0.6 is 0 Å². The third kappa shape index (κ3) is 3.92. The fourth-order valence-corrected chi connectivity index (χ4v) is 4.53. The van der Waals surface area contributed by atoms with Crippen molar-refractivity contribution in [3.05, 3.63) is 36.0 Å². The van der Waals surface area contributed by atoms with E-state index in [-0.39, 0.29) is 12.1 Å². The molecule has 1 aliphatic carbocycles. The van der Waals surface area contributed by atoms with Crippen LogP contribution in [0.3, 0.4) is 0 Å². The van der Waals surface area contributed by atoms with Gasteiger partial charge in [0.05, 0.1) is 17.3 Å². The number of ether oxygens (including phenoxy) is 1. The van der Waals surface area contributed by atoms with Crippen molar-refractivity contribution >= 4 is 22.6 Å². The second kappa shape index (κ2) is 7.82. The van der Waals surface area contributed by atoms with Gasteiger partial charge in [0.15, 0.2) is 0 Å². The summed E-state index contributed by atoms with van der Waals surface area (Å²) in [4.78, 5) is 19.7. The Morgan fingerprint density at radius 2 is 2.11 bits per heavy atom. The van der Waals surface area contributed by atoms with Crippen molar-refractivity contribution in [1.29, 1.82) is 0 Å². The molecule has 1 unspecified atom stereocenters. The summed E-state index contributed by atoms with van der Waals surface area (Å²) in [6.07, 6.45) is 4.72. The van der Waals surface area contributed by atoms with Crippen LogP contribution in [-0.2, 0) is 4.74 Å². The first-order valence-electron chi connectivity index (χ1n) is 9.85. The number of carbonyl (C=O) groups excluding carboxylic acids is 1. The molecular formula is C21H28N4O2. The van der Waals surface area contributed by atoms with E-state index in [9.17, 15) is 4.79 Å².